The Morgan fingerprint density at radius 3 is 2.67 bits per heavy atom. The molecule has 1 aromatic carbocycles. The van der Waals surface area contributed by atoms with Crippen LogP contribution in [0.1, 0.15) is 18.4 Å². The maximum absolute atomic E-state index is 10.6. The molecular weight excluding hydrogens is 232 g/mol. The van der Waals surface area contributed by atoms with Gasteiger partial charge in [-0.25, -0.2) is 0 Å². The van der Waals surface area contributed by atoms with Crippen LogP contribution in [0.5, 0.6) is 0 Å². The van der Waals surface area contributed by atoms with Crippen LogP contribution >= 0.6 is 0 Å². The van der Waals surface area contributed by atoms with Crippen LogP contribution in [0.15, 0.2) is 18.2 Å². The van der Waals surface area contributed by atoms with Gasteiger partial charge in [0.1, 0.15) is 0 Å². The fourth-order valence-corrected chi connectivity index (χ4v) is 2.19. The number of nitrogens with one attached hydrogen (secondary N) is 1. The summed E-state index contributed by atoms with van der Waals surface area (Å²) in [7, 11) is 0. The minimum Gasteiger partial charge on any atom is -0.398 e. The first-order chi connectivity index (χ1) is 8.58. The van der Waals surface area contributed by atoms with Crippen molar-refractivity contribution >= 4 is 17.1 Å². The van der Waals surface area contributed by atoms with Crippen molar-refractivity contribution in [2.75, 3.05) is 25.4 Å². The summed E-state index contributed by atoms with van der Waals surface area (Å²) in [5.74, 6) is 0. The second kappa shape index (κ2) is 5.14. The predicted molar refractivity (Wildman–Crippen MR) is 70.0 cm³/mol. The summed E-state index contributed by atoms with van der Waals surface area (Å²) < 4.78 is 0. The van der Waals surface area contributed by atoms with Gasteiger partial charge in [0.05, 0.1) is 10.6 Å². The number of nitrogen functional groups attached to an aromatic ring is 1. The number of nitrogens with two attached hydrogens (primary N) is 1. The van der Waals surface area contributed by atoms with Crippen molar-refractivity contribution in [1.29, 1.82) is 5.41 Å². The van der Waals surface area contributed by atoms with E-state index in [1.165, 1.54) is 25.0 Å². The van der Waals surface area contributed by atoms with Gasteiger partial charge >= 0.3 is 0 Å². The van der Waals surface area contributed by atoms with Gasteiger partial charge in [0.15, 0.2) is 0 Å². The Kier molecular flexibility index (Phi) is 3.57. The highest BCUT2D eigenvalue weighted by Crippen LogP contribution is 2.21. The van der Waals surface area contributed by atoms with E-state index in [1.54, 1.807) is 6.07 Å². The molecule has 0 amide bonds. The Hall–Kier alpha value is -1.95. The number of anilines is 1. The average molecular weight is 248 g/mol. The van der Waals surface area contributed by atoms with Crippen LogP contribution < -0.4 is 5.73 Å². The molecule has 6 heteroatoms. The fourth-order valence-electron chi connectivity index (χ4n) is 2.19. The van der Waals surface area contributed by atoms with Gasteiger partial charge in [0.2, 0.25) is 0 Å². The van der Waals surface area contributed by atoms with Crippen LogP contribution in [0.3, 0.4) is 0 Å². The van der Waals surface area contributed by atoms with E-state index in [-0.39, 0.29) is 5.69 Å². The molecule has 0 unspecified atom stereocenters. The number of hydrogen-bond donors (Lipinski definition) is 2. The van der Waals surface area contributed by atoms with Crippen molar-refractivity contribution in [1.82, 2.24) is 4.90 Å². The second-order valence-corrected chi connectivity index (χ2v) is 4.49. The Bertz CT molecular complexity index is 481. The van der Waals surface area contributed by atoms with Crippen molar-refractivity contribution in [2.24, 2.45) is 0 Å². The van der Waals surface area contributed by atoms with Gasteiger partial charge in [-0.1, -0.05) is 0 Å². The highest BCUT2D eigenvalue weighted by Gasteiger charge is 2.16. The van der Waals surface area contributed by atoms with Gasteiger partial charge < -0.3 is 11.1 Å². The van der Waals surface area contributed by atoms with E-state index in [2.05, 4.69) is 4.90 Å². The maximum atomic E-state index is 10.6. The number of non-ortho nitro benzene ring substituents is 1. The molecule has 0 atom stereocenters. The molecule has 6 nitrogen and oxygen atoms in total. The monoisotopic (exact) mass is 248 g/mol. The van der Waals surface area contributed by atoms with Crippen molar-refractivity contribution in [3.63, 3.8) is 0 Å². The molecule has 1 heterocycles. The first-order valence-electron chi connectivity index (χ1n) is 5.92. The molecule has 1 aliphatic heterocycles. The molecule has 96 valence electrons. The zero-order valence-corrected chi connectivity index (χ0v) is 10.1. The van der Waals surface area contributed by atoms with Crippen molar-refractivity contribution in [3.05, 3.63) is 33.9 Å². The van der Waals surface area contributed by atoms with E-state index in [4.69, 9.17) is 11.1 Å². The van der Waals surface area contributed by atoms with E-state index in [0.29, 0.717) is 23.5 Å². The summed E-state index contributed by atoms with van der Waals surface area (Å²) >= 11 is 0. The minimum atomic E-state index is -0.482. The highest BCUT2D eigenvalue weighted by atomic mass is 16.6. The van der Waals surface area contributed by atoms with E-state index in [0.717, 1.165) is 13.1 Å². The highest BCUT2D eigenvalue weighted by molar-refractivity contribution is 6.04. The maximum Gasteiger partial charge on any atom is 0.271 e. The number of hydrogen-bond acceptors (Lipinski definition) is 5. The second-order valence-electron chi connectivity index (χ2n) is 4.49. The van der Waals surface area contributed by atoms with Crippen LogP contribution in [0.4, 0.5) is 11.4 Å². The molecule has 3 N–H and O–H groups in total. The first kappa shape index (κ1) is 12.5. The number of nitrogens with zero attached hydrogens (tertiary/aromatic N) is 2. The van der Waals surface area contributed by atoms with Gasteiger partial charge in [-0.05, 0) is 32.0 Å². The molecule has 0 radical (unpaired) electrons. The largest absolute Gasteiger partial charge is 0.398 e. The zero-order valence-electron chi connectivity index (χ0n) is 10.1. The summed E-state index contributed by atoms with van der Waals surface area (Å²) in [5, 5.41) is 18.6. The van der Waals surface area contributed by atoms with E-state index in [9.17, 15) is 10.1 Å². The van der Waals surface area contributed by atoms with E-state index >= 15 is 0 Å². The lowest BCUT2D eigenvalue weighted by Gasteiger charge is -2.16. The smallest absolute Gasteiger partial charge is 0.271 e. The molecule has 0 bridgehead atoms. The summed E-state index contributed by atoms with van der Waals surface area (Å²) in [6, 6.07) is 4.27. The van der Waals surface area contributed by atoms with Gasteiger partial charge in [0.25, 0.3) is 5.69 Å². The lowest BCUT2D eigenvalue weighted by Crippen LogP contribution is -2.27. The van der Waals surface area contributed by atoms with Crippen LogP contribution in [0.2, 0.25) is 0 Å². The van der Waals surface area contributed by atoms with Gasteiger partial charge in [-0.3, -0.25) is 15.0 Å². The third-order valence-electron chi connectivity index (χ3n) is 3.15. The molecule has 1 fully saturated rings. The number of nitro benzene ring substituents is 1. The van der Waals surface area contributed by atoms with E-state index < -0.39 is 4.92 Å². The lowest BCUT2D eigenvalue weighted by atomic mass is 10.1. The average Bonchev–Trinajstić information content (AvgIpc) is 2.81. The van der Waals surface area contributed by atoms with Crippen LogP contribution in [0.25, 0.3) is 0 Å². The molecule has 0 aliphatic carbocycles. The molecule has 18 heavy (non-hydrogen) atoms. The molecule has 0 spiro atoms. The SMILES string of the molecule is N=C(CN1CCCC1)c1ccc([N+](=O)[O-])cc1N. The molecule has 0 saturated carbocycles. The topological polar surface area (TPSA) is 96.2 Å². The third kappa shape index (κ3) is 2.65. The van der Waals surface area contributed by atoms with Gasteiger partial charge in [-0.15, -0.1) is 0 Å². The number of nitro groups is 1. The number of likely N-dealkylation sites (tertiary alicyclic amines) is 1. The molecule has 2 rings (SSSR count). The fraction of sp³-hybridized carbons (Fsp3) is 0.417. The number of rotatable bonds is 4. The van der Waals surface area contributed by atoms with Gasteiger partial charge in [0, 0.05) is 29.9 Å². The normalized spacial score (nSPS) is 15.8. The molecular formula is C12H16N4O2. The Labute approximate surface area is 105 Å². The Morgan fingerprint density at radius 1 is 1.44 bits per heavy atom. The molecule has 1 aromatic rings. The predicted octanol–water partition coefficient (Wildman–Crippen LogP) is 1.64. The first-order valence-corrected chi connectivity index (χ1v) is 5.92. The summed E-state index contributed by atoms with van der Waals surface area (Å²) in [5.41, 5.74) is 7.04. The molecule has 1 aliphatic rings. The van der Waals surface area contributed by atoms with Crippen molar-refractivity contribution < 1.29 is 4.92 Å². The Balaban J connectivity index is 2.12. The van der Waals surface area contributed by atoms with Gasteiger partial charge in [-0.2, -0.15) is 0 Å². The summed E-state index contributed by atoms with van der Waals surface area (Å²) in [4.78, 5) is 12.3. The standard InChI is InChI=1S/C12H16N4O2/c13-11-7-9(16(17)18)3-4-10(11)12(14)8-15-5-1-2-6-15/h3-4,7,14H,1-2,5-6,8,13H2. The van der Waals surface area contributed by atoms with Crippen molar-refractivity contribution in [2.45, 2.75) is 12.8 Å². The molecule has 1 saturated heterocycles. The van der Waals surface area contributed by atoms with Crippen LogP contribution in [0, 0.1) is 15.5 Å². The van der Waals surface area contributed by atoms with Crippen molar-refractivity contribution in [3.8, 4) is 0 Å². The third-order valence-corrected chi connectivity index (χ3v) is 3.15. The Morgan fingerprint density at radius 2 is 2.11 bits per heavy atom. The quantitative estimate of drug-likeness (QED) is 0.366. The zero-order chi connectivity index (χ0) is 13.1. The lowest BCUT2D eigenvalue weighted by molar-refractivity contribution is -0.384. The summed E-state index contributed by atoms with van der Waals surface area (Å²) in [6.45, 7) is 2.58. The molecule has 0 aromatic heterocycles. The summed E-state index contributed by atoms with van der Waals surface area (Å²) in [6.07, 6.45) is 2.34. The van der Waals surface area contributed by atoms with E-state index in [1.807, 2.05) is 0 Å². The minimum absolute atomic E-state index is 0.0368. The van der Waals surface area contributed by atoms with Crippen LogP contribution in [-0.4, -0.2) is 35.2 Å². The number of benzene rings is 1. The van der Waals surface area contributed by atoms with Crippen LogP contribution in [-0.2, 0) is 0 Å².